The van der Waals surface area contributed by atoms with Gasteiger partial charge in [-0.15, -0.1) is 0 Å². The zero-order valence-electron chi connectivity index (χ0n) is 13.8. The first kappa shape index (κ1) is 14.4. The second-order valence-corrected chi connectivity index (χ2v) is 8.43. The van der Waals surface area contributed by atoms with E-state index in [1.54, 1.807) is 5.57 Å². The molecule has 3 saturated carbocycles. The Hall–Kier alpha value is -0.520. The highest BCUT2D eigenvalue weighted by Crippen LogP contribution is 2.62. The molecule has 0 unspecified atom stereocenters. The summed E-state index contributed by atoms with van der Waals surface area (Å²) in [7, 11) is 0. The maximum atomic E-state index is 4.49. The van der Waals surface area contributed by atoms with Crippen molar-refractivity contribution in [1.82, 2.24) is 0 Å². The van der Waals surface area contributed by atoms with Gasteiger partial charge in [0.2, 0.25) is 0 Å². The highest BCUT2D eigenvalue weighted by atomic mass is 14.6. The van der Waals surface area contributed by atoms with E-state index in [2.05, 4.69) is 33.9 Å². The Bertz CT molecular complexity index is 418. The number of fused-ring (bicyclic) bond motifs is 3. The summed E-state index contributed by atoms with van der Waals surface area (Å²) in [5.74, 6) is 4.30. The zero-order valence-corrected chi connectivity index (χ0v) is 13.8. The molecule has 20 heavy (non-hydrogen) atoms. The largest absolute Gasteiger partial charge is 0.0999 e. The third kappa shape index (κ3) is 2.11. The van der Waals surface area contributed by atoms with Crippen LogP contribution in [0.2, 0.25) is 0 Å². The van der Waals surface area contributed by atoms with E-state index in [9.17, 15) is 0 Å². The van der Waals surface area contributed by atoms with Gasteiger partial charge in [-0.2, -0.15) is 0 Å². The molecule has 0 heterocycles. The number of allylic oxidation sites excluding steroid dienone is 2. The molecule has 0 aromatic heterocycles. The topological polar surface area (TPSA) is 0 Å². The highest BCUT2D eigenvalue weighted by Gasteiger charge is 2.54. The molecule has 3 aliphatic carbocycles. The van der Waals surface area contributed by atoms with Crippen LogP contribution in [-0.4, -0.2) is 0 Å². The summed E-state index contributed by atoms with van der Waals surface area (Å²) in [6.07, 6.45) is 9.74. The lowest BCUT2D eigenvalue weighted by Crippen LogP contribution is -2.39. The molecule has 0 spiro atoms. The van der Waals surface area contributed by atoms with Crippen molar-refractivity contribution in [3.8, 4) is 0 Å². The predicted octanol–water partition coefficient (Wildman–Crippen LogP) is 6.00. The summed E-state index contributed by atoms with van der Waals surface area (Å²) in [6.45, 7) is 16.1. The normalized spacial score (nSPS) is 48.4. The highest BCUT2D eigenvalue weighted by molar-refractivity contribution is 5.17. The molecule has 0 amide bonds. The van der Waals surface area contributed by atoms with E-state index in [-0.39, 0.29) is 0 Å². The van der Waals surface area contributed by atoms with Crippen molar-refractivity contribution in [2.24, 2.45) is 35.0 Å². The molecule has 0 aromatic carbocycles. The van der Waals surface area contributed by atoms with Gasteiger partial charge in [0.25, 0.3) is 0 Å². The maximum absolute atomic E-state index is 4.49. The fourth-order valence-corrected chi connectivity index (χ4v) is 6.02. The van der Waals surface area contributed by atoms with Crippen molar-refractivity contribution < 1.29 is 0 Å². The van der Waals surface area contributed by atoms with Crippen LogP contribution in [0.3, 0.4) is 0 Å². The van der Waals surface area contributed by atoms with Crippen molar-refractivity contribution in [2.45, 2.75) is 65.7 Å². The van der Waals surface area contributed by atoms with Crippen LogP contribution in [0.4, 0.5) is 0 Å². The summed E-state index contributed by atoms with van der Waals surface area (Å²) in [4.78, 5) is 0. The van der Waals surface area contributed by atoms with Gasteiger partial charge < -0.3 is 0 Å². The molecule has 0 aromatic rings. The second-order valence-electron chi connectivity index (χ2n) is 8.43. The van der Waals surface area contributed by atoms with E-state index < -0.39 is 0 Å². The quantitative estimate of drug-likeness (QED) is 0.514. The average molecular weight is 272 g/mol. The lowest BCUT2D eigenvalue weighted by Gasteiger charge is -2.46. The Morgan fingerprint density at radius 2 is 1.90 bits per heavy atom. The van der Waals surface area contributed by atoms with E-state index in [0.29, 0.717) is 5.41 Å². The number of rotatable bonds is 1. The molecule has 3 fully saturated rings. The van der Waals surface area contributed by atoms with Gasteiger partial charge >= 0.3 is 0 Å². The maximum Gasteiger partial charge on any atom is -0.0172 e. The van der Waals surface area contributed by atoms with Gasteiger partial charge in [0.1, 0.15) is 0 Å². The van der Waals surface area contributed by atoms with Crippen molar-refractivity contribution in [2.75, 3.05) is 0 Å². The molecule has 0 aliphatic heterocycles. The molecule has 6 atom stereocenters. The second kappa shape index (κ2) is 5.04. The fraction of sp³-hybridized carbons (Fsp3) is 0.800. The van der Waals surface area contributed by atoms with Crippen molar-refractivity contribution >= 4 is 0 Å². The van der Waals surface area contributed by atoms with Crippen LogP contribution in [0.5, 0.6) is 0 Å². The molecule has 0 radical (unpaired) electrons. The molecular weight excluding hydrogens is 240 g/mol. The summed E-state index contributed by atoms with van der Waals surface area (Å²) < 4.78 is 0. The SMILES string of the molecule is C=C(C)[C@H]1CC[C@]2(C)[C@@H]1CCC(=C)[C@@H]1CC[C@H](C)C[C@H]12. The smallest absolute Gasteiger partial charge is 0.0172 e. The third-order valence-corrected chi connectivity index (χ3v) is 7.22. The molecule has 3 aliphatic rings. The monoisotopic (exact) mass is 272 g/mol. The summed E-state index contributed by atoms with van der Waals surface area (Å²) in [6, 6.07) is 0. The van der Waals surface area contributed by atoms with Crippen LogP contribution in [0.15, 0.2) is 24.3 Å². The lowest BCUT2D eigenvalue weighted by molar-refractivity contribution is 0.0412. The summed E-state index contributed by atoms with van der Waals surface area (Å²) in [5.41, 5.74) is 3.58. The fourth-order valence-electron chi connectivity index (χ4n) is 6.02. The van der Waals surface area contributed by atoms with Gasteiger partial charge in [0, 0.05) is 0 Å². The van der Waals surface area contributed by atoms with Crippen LogP contribution >= 0.6 is 0 Å². The van der Waals surface area contributed by atoms with E-state index >= 15 is 0 Å². The van der Waals surface area contributed by atoms with Crippen LogP contribution in [0, 0.1) is 35.0 Å². The van der Waals surface area contributed by atoms with Crippen LogP contribution < -0.4 is 0 Å². The predicted molar refractivity (Wildman–Crippen MR) is 87.5 cm³/mol. The van der Waals surface area contributed by atoms with Crippen LogP contribution in [0.25, 0.3) is 0 Å². The van der Waals surface area contributed by atoms with E-state index in [1.165, 1.54) is 50.5 Å². The minimum Gasteiger partial charge on any atom is -0.0999 e. The molecule has 3 rings (SSSR count). The molecule has 0 bridgehead atoms. The number of hydrogen-bond donors (Lipinski definition) is 0. The Balaban J connectivity index is 1.96. The Labute approximate surface area is 125 Å². The Morgan fingerprint density at radius 1 is 1.15 bits per heavy atom. The van der Waals surface area contributed by atoms with Gasteiger partial charge in [0.15, 0.2) is 0 Å². The number of hydrogen-bond acceptors (Lipinski definition) is 0. The van der Waals surface area contributed by atoms with Crippen molar-refractivity contribution in [3.63, 3.8) is 0 Å². The first-order valence-electron chi connectivity index (χ1n) is 8.76. The van der Waals surface area contributed by atoms with E-state index in [0.717, 1.165) is 29.6 Å². The van der Waals surface area contributed by atoms with Gasteiger partial charge in [-0.3, -0.25) is 0 Å². The summed E-state index contributed by atoms with van der Waals surface area (Å²) in [5, 5.41) is 0. The van der Waals surface area contributed by atoms with Crippen molar-refractivity contribution in [3.05, 3.63) is 24.3 Å². The third-order valence-electron chi connectivity index (χ3n) is 7.22. The van der Waals surface area contributed by atoms with Crippen LogP contribution in [0.1, 0.15) is 65.7 Å². The minimum atomic E-state index is 0.558. The van der Waals surface area contributed by atoms with Gasteiger partial charge in [-0.25, -0.2) is 0 Å². The van der Waals surface area contributed by atoms with E-state index in [1.807, 2.05) is 0 Å². The first-order valence-corrected chi connectivity index (χ1v) is 8.76. The van der Waals surface area contributed by atoms with Gasteiger partial charge in [-0.05, 0) is 80.5 Å². The molecule has 0 saturated heterocycles. The molecule has 0 N–H and O–H groups in total. The van der Waals surface area contributed by atoms with Gasteiger partial charge in [0.05, 0.1) is 0 Å². The standard InChI is InChI=1S/C20H32/c1-13(2)16-10-11-20(5)18(16)9-7-15(4)17-8-6-14(3)12-19(17)20/h14,16-19H,1,4,6-12H2,2-3,5H3/t14-,16+,17-,18+,19+,20+/m0/s1. The zero-order chi connectivity index (χ0) is 14.5. The molecule has 0 heteroatoms. The molecular formula is C20H32. The van der Waals surface area contributed by atoms with Crippen LogP contribution in [-0.2, 0) is 0 Å². The van der Waals surface area contributed by atoms with Gasteiger partial charge in [-0.1, -0.05) is 44.6 Å². The molecule has 112 valence electrons. The summed E-state index contributed by atoms with van der Waals surface area (Å²) >= 11 is 0. The average Bonchev–Trinajstić information content (AvgIpc) is 2.70. The minimum absolute atomic E-state index is 0.558. The Kier molecular flexibility index (Phi) is 3.63. The van der Waals surface area contributed by atoms with E-state index in [4.69, 9.17) is 0 Å². The van der Waals surface area contributed by atoms with Crippen molar-refractivity contribution in [1.29, 1.82) is 0 Å². The molecule has 0 nitrogen and oxygen atoms in total. The first-order chi connectivity index (χ1) is 9.43. The Morgan fingerprint density at radius 3 is 2.60 bits per heavy atom. The lowest BCUT2D eigenvalue weighted by atomic mass is 9.58.